The zero-order valence-electron chi connectivity index (χ0n) is 5.20. The Kier molecular flexibility index (Phi) is 2.22. The Balaban J connectivity index is 2.61. The molecule has 1 atom stereocenters. The molecule has 0 fully saturated rings. The zero-order valence-corrected chi connectivity index (χ0v) is 5.20. The van der Waals surface area contributed by atoms with Crippen molar-refractivity contribution >= 4 is 6.21 Å². The van der Waals surface area contributed by atoms with E-state index in [0.29, 0.717) is 0 Å². The summed E-state index contributed by atoms with van der Waals surface area (Å²) in [4.78, 5) is 3.93. The number of allylic oxidation sites excluding steroid dienone is 2. The summed E-state index contributed by atoms with van der Waals surface area (Å²) >= 11 is 0. The molecule has 1 aliphatic heterocycles. The monoisotopic (exact) mass is 122 g/mol. The van der Waals surface area contributed by atoms with Gasteiger partial charge in [-0.2, -0.15) is 0 Å². The molecule has 0 saturated carbocycles. The highest BCUT2D eigenvalue weighted by Crippen LogP contribution is 1.91. The molecule has 1 aliphatic rings. The molecule has 0 amide bonds. The van der Waals surface area contributed by atoms with E-state index in [-0.39, 0.29) is 6.04 Å². The van der Waals surface area contributed by atoms with Crippen molar-refractivity contribution in [2.24, 2.45) is 10.7 Å². The Bertz CT molecular complexity index is 156. The minimum absolute atomic E-state index is 0.00468. The molecule has 0 aromatic rings. The van der Waals surface area contributed by atoms with E-state index < -0.39 is 0 Å². The van der Waals surface area contributed by atoms with Crippen molar-refractivity contribution in [3.8, 4) is 0 Å². The molecule has 2 heteroatoms. The summed E-state index contributed by atoms with van der Waals surface area (Å²) < 4.78 is 0. The lowest BCUT2D eigenvalue weighted by Gasteiger charge is -1.96. The van der Waals surface area contributed by atoms with Crippen LogP contribution >= 0.6 is 0 Å². The van der Waals surface area contributed by atoms with E-state index in [9.17, 15) is 0 Å². The van der Waals surface area contributed by atoms with Crippen LogP contribution in [0.4, 0.5) is 0 Å². The van der Waals surface area contributed by atoms with Crippen LogP contribution in [0.25, 0.3) is 0 Å². The third kappa shape index (κ3) is 2.24. The summed E-state index contributed by atoms with van der Waals surface area (Å²) in [5.74, 6) is 0. The van der Waals surface area contributed by atoms with Crippen molar-refractivity contribution in [1.29, 1.82) is 0 Å². The molecule has 1 heterocycles. The van der Waals surface area contributed by atoms with Crippen molar-refractivity contribution in [2.75, 3.05) is 0 Å². The van der Waals surface area contributed by atoms with Crippen molar-refractivity contribution in [3.63, 3.8) is 0 Å². The lowest BCUT2D eigenvalue weighted by Crippen LogP contribution is -2.18. The van der Waals surface area contributed by atoms with Crippen LogP contribution in [0.15, 0.2) is 29.4 Å². The molecule has 0 aromatic carbocycles. The standard InChI is InChI=1S/C7H10N2/c8-7-4-2-1-3-5-9-6-7/h2-7H,1,8H2/b4-2?,5-3-,9-6?. The molecule has 9 heavy (non-hydrogen) atoms. The average molecular weight is 122 g/mol. The number of aliphatic imine (C=N–C) groups is 1. The summed E-state index contributed by atoms with van der Waals surface area (Å²) in [6, 6.07) is -0.00468. The van der Waals surface area contributed by atoms with Gasteiger partial charge in [0.15, 0.2) is 0 Å². The van der Waals surface area contributed by atoms with Gasteiger partial charge in [-0.1, -0.05) is 18.2 Å². The number of nitrogens with zero attached hydrogens (tertiary/aromatic N) is 1. The number of hydrogen-bond donors (Lipinski definition) is 1. The van der Waals surface area contributed by atoms with E-state index in [1.54, 1.807) is 12.4 Å². The second-order valence-electron chi connectivity index (χ2n) is 1.92. The minimum atomic E-state index is -0.00468. The smallest absolute Gasteiger partial charge is 0.0585 e. The van der Waals surface area contributed by atoms with Gasteiger partial charge < -0.3 is 5.73 Å². The molecule has 48 valence electrons. The van der Waals surface area contributed by atoms with E-state index in [1.807, 2.05) is 18.2 Å². The van der Waals surface area contributed by atoms with E-state index in [0.717, 1.165) is 6.42 Å². The predicted octanol–water partition coefficient (Wildman–Crippen LogP) is 0.858. The Morgan fingerprint density at radius 2 is 2.33 bits per heavy atom. The number of rotatable bonds is 0. The van der Waals surface area contributed by atoms with Gasteiger partial charge >= 0.3 is 0 Å². The van der Waals surface area contributed by atoms with Gasteiger partial charge in [0.25, 0.3) is 0 Å². The third-order valence-electron chi connectivity index (χ3n) is 1.08. The molecule has 0 radical (unpaired) electrons. The van der Waals surface area contributed by atoms with Gasteiger partial charge in [0.2, 0.25) is 0 Å². The van der Waals surface area contributed by atoms with Gasteiger partial charge in [0.1, 0.15) is 0 Å². The fourth-order valence-electron chi connectivity index (χ4n) is 0.635. The van der Waals surface area contributed by atoms with Crippen molar-refractivity contribution in [1.82, 2.24) is 0 Å². The zero-order chi connectivity index (χ0) is 6.53. The molecule has 0 aliphatic carbocycles. The minimum Gasteiger partial charge on any atom is -0.320 e. The van der Waals surface area contributed by atoms with Crippen LogP contribution < -0.4 is 5.73 Å². The summed E-state index contributed by atoms with van der Waals surface area (Å²) in [5.41, 5.74) is 5.53. The normalized spacial score (nSPS) is 29.2. The topological polar surface area (TPSA) is 38.4 Å². The van der Waals surface area contributed by atoms with Crippen molar-refractivity contribution < 1.29 is 0 Å². The lowest BCUT2D eigenvalue weighted by molar-refractivity contribution is 1.08. The second-order valence-corrected chi connectivity index (χ2v) is 1.92. The number of nitrogens with two attached hydrogens (primary N) is 1. The Morgan fingerprint density at radius 3 is 3.22 bits per heavy atom. The Labute approximate surface area is 54.8 Å². The van der Waals surface area contributed by atoms with E-state index >= 15 is 0 Å². The maximum atomic E-state index is 5.53. The third-order valence-corrected chi connectivity index (χ3v) is 1.08. The lowest BCUT2D eigenvalue weighted by atomic mass is 10.2. The maximum Gasteiger partial charge on any atom is 0.0585 e. The van der Waals surface area contributed by atoms with Crippen molar-refractivity contribution in [3.05, 3.63) is 24.4 Å². The summed E-state index contributed by atoms with van der Waals surface area (Å²) in [6.07, 6.45) is 10.4. The largest absolute Gasteiger partial charge is 0.320 e. The molecule has 2 nitrogen and oxygen atoms in total. The van der Waals surface area contributed by atoms with Gasteiger partial charge in [-0.25, -0.2) is 0 Å². The van der Waals surface area contributed by atoms with Crippen LogP contribution in [0, 0.1) is 0 Å². The molecule has 0 bridgehead atoms. The van der Waals surface area contributed by atoms with Gasteiger partial charge in [0.05, 0.1) is 6.04 Å². The van der Waals surface area contributed by atoms with Crippen LogP contribution in [-0.4, -0.2) is 12.3 Å². The Hall–Kier alpha value is -0.890. The van der Waals surface area contributed by atoms with Gasteiger partial charge in [-0.15, -0.1) is 0 Å². The van der Waals surface area contributed by atoms with Gasteiger partial charge in [-0.3, -0.25) is 4.99 Å². The van der Waals surface area contributed by atoms with Crippen LogP contribution in [0.2, 0.25) is 0 Å². The first-order valence-electron chi connectivity index (χ1n) is 3.00. The second kappa shape index (κ2) is 3.20. The van der Waals surface area contributed by atoms with E-state index in [4.69, 9.17) is 5.73 Å². The molecule has 2 N–H and O–H groups in total. The highest BCUT2D eigenvalue weighted by molar-refractivity contribution is 5.67. The quantitative estimate of drug-likeness (QED) is 0.475. The predicted molar refractivity (Wildman–Crippen MR) is 39.4 cm³/mol. The van der Waals surface area contributed by atoms with E-state index in [1.165, 1.54) is 0 Å². The molecular formula is C7H10N2. The highest BCUT2D eigenvalue weighted by atomic mass is 14.7. The van der Waals surface area contributed by atoms with Crippen LogP contribution in [0.1, 0.15) is 6.42 Å². The summed E-state index contributed by atoms with van der Waals surface area (Å²) in [5, 5.41) is 0. The molecule has 0 aromatic heterocycles. The van der Waals surface area contributed by atoms with Crippen LogP contribution in [0.3, 0.4) is 0 Å². The van der Waals surface area contributed by atoms with Gasteiger partial charge in [-0.05, 0) is 6.42 Å². The highest BCUT2D eigenvalue weighted by Gasteiger charge is 1.88. The van der Waals surface area contributed by atoms with Crippen LogP contribution in [-0.2, 0) is 0 Å². The molecule has 0 spiro atoms. The fourth-order valence-corrected chi connectivity index (χ4v) is 0.635. The molecule has 0 saturated heterocycles. The number of hydrogen-bond acceptors (Lipinski definition) is 2. The molecule has 1 rings (SSSR count). The van der Waals surface area contributed by atoms with Gasteiger partial charge in [0, 0.05) is 12.4 Å². The van der Waals surface area contributed by atoms with E-state index in [2.05, 4.69) is 4.99 Å². The summed E-state index contributed by atoms with van der Waals surface area (Å²) in [7, 11) is 0. The fraction of sp³-hybridized carbons (Fsp3) is 0.286. The maximum absolute atomic E-state index is 5.53. The average Bonchev–Trinajstić information content (AvgIpc) is 1.79. The van der Waals surface area contributed by atoms with Crippen LogP contribution in [0.5, 0.6) is 0 Å². The Morgan fingerprint density at radius 1 is 1.44 bits per heavy atom. The molecule has 1 unspecified atom stereocenters. The summed E-state index contributed by atoms with van der Waals surface area (Å²) in [6.45, 7) is 0. The SMILES string of the molecule is NC1C=CC/C=C\N=C1. The first-order valence-corrected chi connectivity index (χ1v) is 3.00. The first-order chi connectivity index (χ1) is 4.39. The van der Waals surface area contributed by atoms with Crippen molar-refractivity contribution in [2.45, 2.75) is 12.5 Å². The molecular weight excluding hydrogens is 112 g/mol. The first kappa shape index (κ1) is 6.23.